The number of anilines is 1. The first-order valence-electron chi connectivity index (χ1n) is 8.36. The standard InChI is InChI=1S/C19H14ClF3N2O4S/c20-17-8-5-13(10-16(17)19(21,22)23)25-18(26)12-3-6-15(7-4-12)30(27,28)24-11-14-2-1-9-29-14/h1-10,24H,11H2,(H,25,26). The highest BCUT2D eigenvalue weighted by Gasteiger charge is 2.33. The molecule has 0 fully saturated rings. The fourth-order valence-corrected chi connectivity index (χ4v) is 3.69. The van der Waals surface area contributed by atoms with E-state index >= 15 is 0 Å². The molecule has 3 rings (SSSR count). The van der Waals surface area contributed by atoms with Crippen LogP contribution in [0.25, 0.3) is 0 Å². The minimum absolute atomic E-state index is 0.0460. The number of amides is 1. The number of sulfonamides is 1. The van der Waals surface area contributed by atoms with Gasteiger partial charge in [-0.15, -0.1) is 0 Å². The minimum Gasteiger partial charge on any atom is -0.468 e. The van der Waals surface area contributed by atoms with E-state index in [0.29, 0.717) is 5.76 Å². The zero-order valence-electron chi connectivity index (χ0n) is 15.0. The summed E-state index contributed by atoms with van der Waals surface area (Å²) in [4.78, 5) is 12.2. The van der Waals surface area contributed by atoms with Gasteiger partial charge in [-0.1, -0.05) is 11.6 Å². The van der Waals surface area contributed by atoms with E-state index in [-0.39, 0.29) is 22.7 Å². The first-order chi connectivity index (χ1) is 14.1. The van der Waals surface area contributed by atoms with E-state index in [1.54, 1.807) is 12.1 Å². The Hall–Kier alpha value is -2.82. The lowest BCUT2D eigenvalue weighted by atomic mass is 10.1. The Morgan fingerprint density at radius 3 is 2.37 bits per heavy atom. The summed E-state index contributed by atoms with van der Waals surface area (Å²) in [7, 11) is -3.85. The van der Waals surface area contributed by atoms with Gasteiger partial charge >= 0.3 is 6.18 Å². The SMILES string of the molecule is O=C(Nc1ccc(Cl)c(C(F)(F)F)c1)c1ccc(S(=O)(=O)NCc2ccco2)cc1. The van der Waals surface area contributed by atoms with Gasteiger partial charge in [0.25, 0.3) is 5.91 Å². The van der Waals surface area contributed by atoms with Crippen LogP contribution in [0.4, 0.5) is 18.9 Å². The van der Waals surface area contributed by atoms with E-state index in [9.17, 15) is 26.4 Å². The number of rotatable bonds is 6. The maximum Gasteiger partial charge on any atom is 0.417 e. The highest BCUT2D eigenvalue weighted by atomic mass is 35.5. The van der Waals surface area contributed by atoms with Crippen LogP contribution in [0, 0.1) is 0 Å². The van der Waals surface area contributed by atoms with Crippen molar-refractivity contribution in [1.29, 1.82) is 0 Å². The Labute approximate surface area is 174 Å². The smallest absolute Gasteiger partial charge is 0.417 e. The second-order valence-electron chi connectivity index (χ2n) is 6.07. The number of hydrogen-bond donors (Lipinski definition) is 2. The molecule has 0 aliphatic heterocycles. The van der Waals surface area contributed by atoms with Crippen LogP contribution < -0.4 is 10.0 Å². The van der Waals surface area contributed by atoms with Crippen LogP contribution >= 0.6 is 11.6 Å². The van der Waals surface area contributed by atoms with Crippen LogP contribution in [-0.4, -0.2) is 14.3 Å². The molecule has 1 amide bonds. The number of nitrogens with one attached hydrogen (secondary N) is 2. The fourth-order valence-electron chi connectivity index (χ4n) is 2.47. The highest BCUT2D eigenvalue weighted by molar-refractivity contribution is 7.89. The van der Waals surface area contributed by atoms with Crippen molar-refractivity contribution in [2.24, 2.45) is 0 Å². The highest BCUT2D eigenvalue weighted by Crippen LogP contribution is 2.36. The number of carbonyl (C=O) groups is 1. The number of carbonyl (C=O) groups excluding carboxylic acids is 1. The zero-order chi connectivity index (χ0) is 21.9. The summed E-state index contributed by atoms with van der Waals surface area (Å²) >= 11 is 5.55. The topological polar surface area (TPSA) is 88.4 Å². The van der Waals surface area contributed by atoms with Crippen LogP contribution in [-0.2, 0) is 22.7 Å². The molecule has 30 heavy (non-hydrogen) atoms. The molecule has 6 nitrogen and oxygen atoms in total. The van der Waals surface area contributed by atoms with Crippen molar-refractivity contribution in [1.82, 2.24) is 4.72 Å². The van der Waals surface area contributed by atoms with Crippen LogP contribution in [0.1, 0.15) is 21.7 Å². The third-order valence-electron chi connectivity index (χ3n) is 3.97. The zero-order valence-corrected chi connectivity index (χ0v) is 16.6. The molecular weight excluding hydrogens is 445 g/mol. The predicted molar refractivity (Wildman–Crippen MR) is 104 cm³/mol. The summed E-state index contributed by atoms with van der Waals surface area (Å²) in [5.74, 6) is -0.284. The van der Waals surface area contributed by atoms with Gasteiger partial charge in [-0.05, 0) is 54.6 Å². The Morgan fingerprint density at radius 1 is 1.07 bits per heavy atom. The Bertz CT molecular complexity index is 1150. The average Bonchev–Trinajstić information content (AvgIpc) is 3.21. The Morgan fingerprint density at radius 2 is 1.77 bits per heavy atom. The van der Waals surface area contributed by atoms with Crippen LogP contribution in [0.15, 0.2) is 70.2 Å². The first-order valence-corrected chi connectivity index (χ1v) is 10.2. The van der Waals surface area contributed by atoms with E-state index < -0.39 is 32.7 Å². The molecule has 0 aliphatic carbocycles. The van der Waals surface area contributed by atoms with Gasteiger partial charge in [-0.2, -0.15) is 13.2 Å². The number of furan rings is 1. The molecule has 3 aromatic rings. The second kappa shape index (κ2) is 8.50. The minimum atomic E-state index is -4.67. The molecule has 158 valence electrons. The van der Waals surface area contributed by atoms with Gasteiger partial charge in [0.15, 0.2) is 0 Å². The molecule has 0 atom stereocenters. The van der Waals surface area contributed by atoms with Crippen LogP contribution in [0.5, 0.6) is 0 Å². The molecule has 0 spiro atoms. The quantitative estimate of drug-likeness (QED) is 0.561. The third kappa shape index (κ3) is 5.21. The molecule has 0 unspecified atom stereocenters. The fraction of sp³-hybridized carbons (Fsp3) is 0.105. The lowest BCUT2D eigenvalue weighted by Gasteiger charge is -2.12. The van der Waals surface area contributed by atoms with Gasteiger partial charge in [0, 0.05) is 11.3 Å². The van der Waals surface area contributed by atoms with Crippen molar-refractivity contribution < 1.29 is 30.8 Å². The molecule has 0 radical (unpaired) electrons. The molecular formula is C19H14ClF3N2O4S. The summed E-state index contributed by atoms with van der Waals surface area (Å²) in [5, 5.41) is 1.84. The largest absolute Gasteiger partial charge is 0.468 e. The normalized spacial score (nSPS) is 12.0. The summed E-state index contributed by atoms with van der Waals surface area (Å²) in [5.41, 5.74) is -1.12. The molecule has 0 bridgehead atoms. The van der Waals surface area contributed by atoms with Crippen molar-refractivity contribution in [2.45, 2.75) is 17.6 Å². The van der Waals surface area contributed by atoms with Gasteiger partial charge in [0.2, 0.25) is 10.0 Å². The lowest BCUT2D eigenvalue weighted by molar-refractivity contribution is -0.137. The van der Waals surface area contributed by atoms with E-state index in [1.807, 2.05) is 0 Å². The number of alkyl halides is 3. The Kier molecular flexibility index (Phi) is 6.20. The number of hydrogen-bond acceptors (Lipinski definition) is 4. The van der Waals surface area contributed by atoms with Crippen molar-refractivity contribution >= 4 is 33.2 Å². The van der Waals surface area contributed by atoms with Gasteiger partial charge in [0.05, 0.1) is 28.3 Å². The van der Waals surface area contributed by atoms with E-state index in [0.717, 1.165) is 12.1 Å². The van der Waals surface area contributed by atoms with Crippen molar-refractivity contribution in [2.75, 3.05) is 5.32 Å². The van der Waals surface area contributed by atoms with Crippen molar-refractivity contribution in [3.8, 4) is 0 Å². The lowest BCUT2D eigenvalue weighted by Crippen LogP contribution is -2.23. The van der Waals surface area contributed by atoms with Crippen molar-refractivity contribution in [3.05, 3.63) is 82.8 Å². The monoisotopic (exact) mass is 458 g/mol. The predicted octanol–water partition coefficient (Wildman–Crippen LogP) is 4.68. The maximum atomic E-state index is 12.9. The number of halogens is 4. The molecule has 2 aromatic carbocycles. The molecule has 11 heteroatoms. The molecule has 1 heterocycles. The first kappa shape index (κ1) is 21.9. The molecule has 0 saturated heterocycles. The summed E-state index contributed by atoms with van der Waals surface area (Å²) in [6.45, 7) is -0.0460. The van der Waals surface area contributed by atoms with Crippen molar-refractivity contribution in [3.63, 3.8) is 0 Å². The van der Waals surface area contributed by atoms with Crippen LogP contribution in [0.3, 0.4) is 0 Å². The van der Waals surface area contributed by atoms with E-state index in [1.165, 1.54) is 36.6 Å². The van der Waals surface area contributed by atoms with E-state index in [4.69, 9.17) is 16.0 Å². The van der Waals surface area contributed by atoms with Gasteiger partial charge in [0.1, 0.15) is 5.76 Å². The second-order valence-corrected chi connectivity index (χ2v) is 8.25. The number of benzene rings is 2. The van der Waals surface area contributed by atoms with E-state index in [2.05, 4.69) is 10.0 Å². The Balaban J connectivity index is 1.71. The summed E-state index contributed by atoms with van der Waals surface area (Å²) in [6, 6.07) is 11.1. The maximum absolute atomic E-state index is 12.9. The van der Waals surface area contributed by atoms with Crippen LogP contribution in [0.2, 0.25) is 5.02 Å². The van der Waals surface area contributed by atoms with Gasteiger partial charge < -0.3 is 9.73 Å². The third-order valence-corrected chi connectivity index (χ3v) is 5.72. The van der Waals surface area contributed by atoms with Gasteiger partial charge in [-0.3, -0.25) is 4.79 Å². The molecule has 2 N–H and O–H groups in total. The molecule has 1 aromatic heterocycles. The summed E-state index contributed by atoms with van der Waals surface area (Å²) < 4.78 is 70.8. The van der Waals surface area contributed by atoms with Gasteiger partial charge in [-0.25, -0.2) is 13.1 Å². The molecule has 0 aliphatic rings. The average molecular weight is 459 g/mol. The molecule has 0 saturated carbocycles. The summed E-state index contributed by atoms with van der Waals surface area (Å²) in [6.07, 6.45) is -3.26.